The average Bonchev–Trinajstić information content (AvgIpc) is 1.80. The fourth-order valence-electron chi connectivity index (χ4n) is 2.50. The molecule has 2 saturated heterocycles. The van der Waals surface area contributed by atoms with Crippen molar-refractivity contribution in [1.82, 2.24) is 9.80 Å². The molecule has 2 fully saturated rings. The smallest absolute Gasteiger partial charge is 0.0558 e. The second kappa shape index (κ2) is 2.44. The first-order valence-electron chi connectivity index (χ1n) is 4.26. The van der Waals surface area contributed by atoms with Gasteiger partial charge in [-0.15, -0.1) is 0 Å². The van der Waals surface area contributed by atoms with Gasteiger partial charge in [-0.05, 0) is 7.05 Å². The maximum atomic E-state index is 8.66. The van der Waals surface area contributed by atoms with Gasteiger partial charge >= 0.3 is 0 Å². The third-order valence-corrected chi connectivity index (χ3v) is 2.74. The fraction of sp³-hybridized carbons (Fsp3) is 1.00. The van der Waals surface area contributed by atoms with Gasteiger partial charge < -0.3 is 10.0 Å². The second-order valence-electron chi connectivity index (χ2n) is 4.11. The van der Waals surface area contributed by atoms with Crippen molar-refractivity contribution in [3.63, 3.8) is 0 Å². The topological polar surface area (TPSA) is 26.7 Å². The van der Waals surface area contributed by atoms with Crippen LogP contribution in [0.2, 0.25) is 0 Å². The van der Waals surface area contributed by atoms with Crippen LogP contribution in [0.4, 0.5) is 0 Å². The molecule has 0 radical (unpaired) electrons. The summed E-state index contributed by atoms with van der Waals surface area (Å²) in [6.07, 6.45) is 0. The summed E-state index contributed by atoms with van der Waals surface area (Å²) in [4.78, 5) is 4.68. The lowest BCUT2D eigenvalue weighted by atomic mass is 9.73. The molecular formula is C8H16N2O. The van der Waals surface area contributed by atoms with E-state index in [0.717, 1.165) is 6.54 Å². The SMILES string of the molecule is CN1CC2(C1)CN(CCO)C2. The van der Waals surface area contributed by atoms with Gasteiger partial charge in [-0.2, -0.15) is 0 Å². The summed E-state index contributed by atoms with van der Waals surface area (Å²) in [5.74, 6) is 0. The molecule has 0 atom stereocenters. The van der Waals surface area contributed by atoms with Gasteiger partial charge in [0.25, 0.3) is 0 Å². The monoisotopic (exact) mass is 156 g/mol. The van der Waals surface area contributed by atoms with Crippen LogP contribution in [-0.4, -0.2) is 61.3 Å². The standard InChI is InChI=1S/C8H16N2O/c1-9-4-8(5-9)6-10(7-8)2-3-11/h11H,2-7H2,1H3. The van der Waals surface area contributed by atoms with Crippen LogP contribution in [0.25, 0.3) is 0 Å². The lowest BCUT2D eigenvalue weighted by molar-refractivity contribution is -0.107. The molecule has 2 aliphatic rings. The van der Waals surface area contributed by atoms with E-state index < -0.39 is 0 Å². The molecule has 2 aliphatic heterocycles. The molecule has 0 saturated carbocycles. The minimum Gasteiger partial charge on any atom is -0.395 e. The van der Waals surface area contributed by atoms with Crippen molar-refractivity contribution in [2.24, 2.45) is 5.41 Å². The molecule has 1 spiro atoms. The Kier molecular flexibility index (Phi) is 1.67. The zero-order valence-corrected chi connectivity index (χ0v) is 7.08. The van der Waals surface area contributed by atoms with Crippen LogP contribution in [0.3, 0.4) is 0 Å². The predicted octanol–water partition coefficient (Wildman–Crippen LogP) is -0.774. The summed E-state index contributed by atoms with van der Waals surface area (Å²) in [6, 6.07) is 0. The molecule has 64 valence electrons. The normalized spacial score (nSPS) is 30.0. The molecule has 0 aromatic heterocycles. The Morgan fingerprint density at radius 3 is 2.36 bits per heavy atom. The summed E-state index contributed by atoms with van der Waals surface area (Å²) in [7, 11) is 2.17. The quantitative estimate of drug-likeness (QED) is 0.568. The highest BCUT2D eigenvalue weighted by atomic mass is 16.3. The molecule has 0 amide bonds. The Morgan fingerprint density at radius 1 is 1.27 bits per heavy atom. The fourth-order valence-corrected chi connectivity index (χ4v) is 2.50. The van der Waals surface area contributed by atoms with E-state index in [-0.39, 0.29) is 0 Å². The summed E-state index contributed by atoms with van der Waals surface area (Å²) < 4.78 is 0. The predicted molar refractivity (Wildman–Crippen MR) is 43.5 cm³/mol. The van der Waals surface area contributed by atoms with E-state index >= 15 is 0 Å². The van der Waals surface area contributed by atoms with Crippen LogP contribution in [-0.2, 0) is 0 Å². The van der Waals surface area contributed by atoms with Gasteiger partial charge in [-0.1, -0.05) is 0 Å². The number of aliphatic hydroxyl groups excluding tert-OH is 1. The number of nitrogens with zero attached hydrogens (tertiary/aromatic N) is 2. The van der Waals surface area contributed by atoms with E-state index in [9.17, 15) is 0 Å². The molecule has 2 heterocycles. The Bertz CT molecular complexity index is 146. The molecule has 0 aliphatic carbocycles. The molecule has 0 bridgehead atoms. The zero-order valence-electron chi connectivity index (χ0n) is 7.08. The number of likely N-dealkylation sites (tertiary alicyclic amines) is 2. The van der Waals surface area contributed by atoms with Crippen LogP contribution < -0.4 is 0 Å². The lowest BCUT2D eigenvalue weighted by Gasteiger charge is -2.59. The Labute approximate surface area is 67.6 Å². The highest BCUT2D eigenvalue weighted by molar-refractivity contribution is 5.04. The largest absolute Gasteiger partial charge is 0.395 e. The minimum absolute atomic E-state index is 0.311. The molecule has 1 N–H and O–H groups in total. The number of hydrogen-bond donors (Lipinski definition) is 1. The van der Waals surface area contributed by atoms with Crippen LogP contribution >= 0.6 is 0 Å². The first kappa shape index (κ1) is 7.53. The summed E-state index contributed by atoms with van der Waals surface area (Å²) in [5, 5.41) is 8.66. The van der Waals surface area contributed by atoms with Gasteiger partial charge in [0.1, 0.15) is 0 Å². The van der Waals surface area contributed by atoms with Crippen molar-refractivity contribution < 1.29 is 5.11 Å². The zero-order chi connectivity index (χ0) is 7.90. The van der Waals surface area contributed by atoms with Crippen molar-refractivity contribution in [2.75, 3.05) is 46.4 Å². The van der Waals surface area contributed by atoms with Crippen LogP contribution in [0, 0.1) is 5.41 Å². The van der Waals surface area contributed by atoms with Crippen molar-refractivity contribution in [2.45, 2.75) is 0 Å². The molecule has 11 heavy (non-hydrogen) atoms. The summed E-state index contributed by atoms with van der Waals surface area (Å²) >= 11 is 0. The molecular weight excluding hydrogens is 140 g/mol. The highest BCUT2D eigenvalue weighted by Crippen LogP contribution is 2.37. The lowest BCUT2D eigenvalue weighted by Crippen LogP contribution is -2.71. The van der Waals surface area contributed by atoms with Gasteiger partial charge in [0.2, 0.25) is 0 Å². The Morgan fingerprint density at radius 2 is 1.91 bits per heavy atom. The molecule has 0 aromatic rings. The number of hydrogen-bond acceptors (Lipinski definition) is 3. The van der Waals surface area contributed by atoms with E-state index in [1.165, 1.54) is 26.2 Å². The second-order valence-corrected chi connectivity index (χ2v) is 4.11. The minimum atomic E-state index is 0.311. The summed E-state index contributed by atoms with van der Waals surface area (Å²) in [6.45, 7) is 6.11. The molecule has 0 aromatic carbocycles. The van der Waals surface area contributed by atoms with Gasteiger partial charge in [-0.3, -0.25) is 4.90 Å². The number of β-amino-alcohol motifs (C(OH)–C–C–N with tert-alkyl or cyclic N) is 1. The van der Waals surface area contributed by atoms with Gasteiger partial charge in [0.15, 0.2) is 0 Å². The number of aliphatic hydroxyl groups is 1. The van der Waals surface area contributed by atoms with Gasteiger partial charge in [0.05, 0.1) is 6.61 Å². The highest BCUT2D eigenvalue weighted by Gasteiger charge is 2.49. The van der Waals surface area contributed by atoms with E-state index in [1.807, 2.05) is 0 Å². The van der Waals surface area contributed by atoms with E-state index in [4.69, 9.17) is 5.11 Å². The Balaban J connectivity index is 1.72. The first-order chi connectivity index (χ1) is 5.24. The maximum absolute atomic E-state index is 8.66. The van der Waals surface area contributed by atoms with E-state index in [1.54, 1.807) is 0 Å². The third kappa shape index (κ3) is 1.17. The van der Waals surface area contributed by atoms with Crippen LogP contribution in [0.1, 0.15) is 0 Å². The van der Waals surface area contributed by atoms with Crippen molar-refractivity contribution in [3.05, 3.63) is 0 Å². The van der Waals surface area contributed by atoms with Crippen LogP contribution in [0.15, 0.2) is 0 Å². The summed E-state index contributed by atoms with van der Waals surface area (Å²) in [5.41, 5.74) is 0.629. The molecule has 3 nitrogen and oxygen atoms in total. The number of rotatable bonds is 2. The maximum Gasteiger partial charge on any atom is 0.0558 e. The molecule has 2 rings (SSSR count). The van der Waals surface area contributed by atoms with Crippen molar-refractivity contribution in [3.8, 4) is 0 Å². The third-order valence-electron chi connectivity index (χ3n) is 2.74. The first-order valence-corrected chi connectivity index (χ1v) is 4.26. The van der Waals surface area contributed by atoms with Crippen molar-refractivity contribution in [1.29, 1.82) is 0 Å². The van der Waals surface area contributed by atoms with E-state index in [0.29, 0.717) is 12.0 Å². The van der Waals surface area contributed by atoms with Crippen molar-refractivity contribution >= 4 is 0 Å². The van der Waals surface area contributed by atoms with Gasteiger partial charge in [0, 0.05) is 38.1 Å². The van der Waals surface area contributed by atoms with Gasteiger partial charge in [-0.25, -0.2) is 0 Å². The molecule has 0 unspecified atom stereocenters. The van der Waals surface area contributed by atoms with Crippen LogP contribution in [0.5, 0.6) is 0 Å². The average molecular weight is 156 g/mol. The Hall–Kier alpha value is -0.120. The molecule has 3 heteroatoms. The van der Waals surface area contributed by atoms with E-state index in [2.05, 4.69) is 16.8 Å².